The first-order chi connectivity index (χ1) is 12.2. The molecule has 1 aliphatic rings. The number of ether oxygens (including phenoxy) is 1. The second kappa shape index (κ2) is 7.97. The van der Waals surface area contributed by atoms with Crippen molar-refractivity contribution in [3.8, 4) is 0 Å². The van der Waals surface area contributed by atoms with E-state index in [4.69, 9.17) is 14.7 Å². The summed E-state index contributed by atoms with van der Waals surface area (Å²) in [6.07, 6.45) is 0.673. The summed E-state index contributed by atoms with van der Waals surface area (Å²) in [6, 6.07) is 10.2. The molecule has 1 N–H and O–H groups in total. The SMILES string of the molecule is CCC1(C)CC(OC(=O)O)C(C)C(C)(CC)N1OC(C)c1ccccc1. The minimum absolute atomic E-state index is 0.0196. The van der Waals surface area contributed by atoms with Crippen molar-refractivity contribution in [2.24, 2.45) is 5.92 Å². The lowest BCUT2D eigenvalue weighted by atomic mass is 9.69. The Kier molecular flexibility index (Phi) is 6.35. The Balaban J connectivity index is 2.36. The standard InChI is InChI=1S/C21H33NO4/c1-7-20(5)14-18(25-19(23)24)15(3)21(6,8-2)22(20)26-16(4)17-12-10-9-11-13-17/h9-13,15-16,18H,7-8,14H2,1-6H3,(H,23,24). The van der Waals surface area contributed by atoms with Crippen molar-refractivity contribution < 1.29 is 19.5 Å². The molecule has 0 aromatic heterocycles. The Hall–Kier alpha value is -1.59. The highest BCUT2D eigenvalue weighted by Gasteiger charge is 2.55. The highest BCUT2D eigenvalue weighted by Crippen LogP contribution is 2.48. The Bertz CT molecular complexity index is 607. The van der Waals surface area contributed by atoms with Crippen molar-refractivity contribution >= 4 is 6.16 Å². The number of rotatable bonds is 6. The normalized spacial score (nSPS) is 33.6. The molecule has 146 valence electrons. The van der Waals surface area contributed by atoms with E-state index < -0.39 is 6.16 Å². The number of carboxylic acid groups (broad SMARTS) is 1. The van der Waals surface area contributed by atoms with E-state index in [0.29, 0.717) is 6.42 Å². The number of hydroxylamine groups is 2. The van der Waals surface area contributed by atoms with Gasteiger partial charge < -0.3 is 9.84 Å². The fraction of sp³-hybridized carbons (Fsp3) is 0.667. The lowest BCUT2D eigenvalue weighted by molar-refractivity contribution is -0.336. The topological polar surface area (TPSA) is 59.0 Å². The van der Waals surface area contributed by atoms with Gasteiger partial charge in [0.1, 0.15) is 12.2 Å². The first-order valence-corrected chi connectivity index (χ1v) is 9.59. The molecule has 0 amide bonds. The Morgan fingerprint density at radius 3 is 2.38 bits per heavy atom. The lowest BCUT2D eigenvalue weighted by Crippen LogP contribution is -2.68. The zero-order chi connectivity index (χ0) is 19.5. The third kappa shape index (κ3) is 3.89. The van der Waals surface area contributed by atoms with Gasteiger partial charge in [-0.2, -0.15) is 5.06 Å². The average Bonchev–Trinajstić information content (AvgIpc) is 2.63. The van der Waals surface area contributed by atoms with E-state index >= 15 is 0 Å². The third-order valence-corrected chi connectivity index (χ3v) is 6.40. The number of hydrogen-bond acceptors (Lipinski definition) is 4. The molecular formula is C21H33NO4. The zero-order valence-electron chi connectivity index (χ0n) is 16.9. The van der Waals surface area contributed by atoms with Gasteiger partial charge in [0.05, 0.1) is 0 Å². The van der Waals surface area contributed by atoms with Crippen LogP contribution in [0.5, 0.6) is 0 Å². The summed E-state index contributed by atoms with van der Waals surface area (Å²) in [7, 11) is 0. The summed E-state index contributed by atoms with van der Waals surface area (Å²) in [6.45, 7) is 12.7. The van der Waals surface area contributed by atoms with Crippen LogP contribution in [0.3, 0.4) is 0 Å². The van der Waals surface area contributed by atoms with Crippen LogP contribution in [-0.4, -0.2) is 33.5 Å². The van der Waals surface area contributed by atoms with Crippen LogP contribution in [0.2, 0.25) is 0 Å². The van der Waals surface area contributed by atoms with Crippen molar-refractivity contribution in [2.75, 3.05) is 0 Å². The van der Waals surface area contributed by atoms with E-state index in [2.05, 4.69) is 58.7 Å². The molecule has 26 heavy (non-hydrogen) atoms. The van der Waals surface area contributed by atoms with E-state index in [9.17, 15) is 4.79 Å². The molecule has 0 aliphatic carbocycles. The third-order valence-electron chi connectivity index (χ3n) is 6.40. The van der Waals surface area contributed by atoms with Crippen LogP contribution < -0.4 is 0 Å². The van der Waals surface area contributed by atoms with Crippen LogP contribution in [0.1, 0.15) is 72.5 Å². The molecule has 0 bridgehead atoms. The highest BCUT2D eigenvalue weighted by molar-refractivity contribution is 5.57. The average molecular weight is 363 g/mol. The monoisotopic (exact) mass is 363 g/mol. The van der Waals surface area contributed by atoms with E-state index in [1.165, 1.54) is 0 Å². The maximum atomic E-state index is 11.2. The molecule has 1 saturated heterocycles. The van der Waals surface area contributed by atoms with Gasteiger partial charge in [-0.15, -0.1) is 0 Å². The van der Waals surface area contributed by atoms with Gasteiger partial charge in [-0.3, -0.25) is 4.84 Å². The van der Waals surface area contributed by atoms with Crippen molar-refractivity contribution in [1.82, 2.24) is 5.06 Å². The number of nitrogens with zero attached hydrogens (tertiary/aromatic N) is 1. The van der Waals surface area contributed by atoms with Crippen LogP contribution in [0, 0.1) is 5.92 Å². The Morgan fingerprint density at radius 1 is 1.27 bits per heavy atom. The number of hydrogen-bond donors (Lipinski definition) is 1. The first-order valence-electron chi connectivity index (χ1n) is 9.59. The van der Waals surface area contributed by atoms with Gasteiger partial charge in [0.2, 0.25) is 0 Å². The molecule has 0 radical (unpaired) electrons. The van der Waals surface area contributed by atoms with Gasteiger partial charge in [-0.05, 0) is 39.2 Å². The molecule has 1 aromatic carbocycles. The summed E-state index contributed by atoms with van der Waals surface area (Å²) in [5, 5.41) is 11.3. The lowest BCUT2D eigenvalue weighted by Gasteiger charge is -2.59. The molecule has 0 saturated carbocycles. The molecule has 1 heterocycles. The highest BCUT2D eigenvalue weighted by atomic mass is 16.7. The van der Waals surface area contributed by atoms with E-state index in [1.807, 2.05) is 18.2 Å². The summed E-state index contributed by atoms with van der Waals surface area (Å²) >= 11 is 0. The first kappa shape index (κ1) is 20.7. The molecule has 1 fully saturated rings. The molecule has 1 aromatic rings. The smallest absolute Gasteiger partial charge is 0.450 e. The number of carbonyl (C=O) groups is 1. The largest absolute Gasteiger partial charge is 0.506 e. The minimum atomic E-state index is -1.20. The molecule has 5 heteroatoms. The van der Waals surface area contributed by atoms with Crippen molar-refractivity contribution in [3.63, 3.8) is 0 Å². The summed E-state index contributed by atoms with van der Waals surface area (Å²) in [5.74, 6) is 0.0196. The summed E-state index contributed by atoms with van der Waals surface area (Å²) < 4.78 is 5.27. The fourth-order valence-corrected chi connectivity index (χ4v) is 4.11. The Labute approximate surface area is 157 Å². The molecule has 5 atom stereocenters. The molecule has 1 aliphatic heterocycles. The molecule has 0 spiro atoms. The van der Waals surface area contributed by atoms with Gasteiger partial charge in [-0.25, -0.2) is 4.79 Å². The van der Waals surface area contributed by atoms with E-state index in [0.717, 1.165) is 18.4 Å². The van der Waals surface area contributed by atoms with Crippen molar-refractivity contribution in [3.05, 3.63) is 35.9 Å². The maximum absolute atomic E-state index is 11.2. The quantitative estimate of drug-likeness (QED) is 0.684. The van der Waals surface area contributed by atoms with Crippen molar-refractivity contribution in [2.45, 2.75) is 84.1 Å². The van der Waals surface area contributed by atoms with Crippen LogP contribution in [-0.2, 0) is 9.57 Å². The second-order valence-corrected chi connectivity index (χ2v) is 7.93. The van der Waals surface area contributed by atoms with Gasteiger partial charge >= 0.3 is 6.16 Å². The minimum Gasteiger partial charge on any atom is -0.450 e. The Morgan fingerprint density at radius 2 is 1.88 bits per heavy atom. The molecule has 2 rings (SSSR count). The van der Waals surface area contributed by atoms with Crippen LogP contribution >= 0.6 is 0 Å². The van der Waals surface area contributed by atoms with E-state index in [1.54, 1.807) is 0 Å². The van der Waals surface area contributed by atoms with Gasteiger partial charge in [0.25, 0.3) is 0 Å². The van der Waals surface area contributed by atoms with Crippen LogP contribution in [0.25, 0.3) is 0 Å². The molecule has 5 nitrogen and oxygen atoms in total. The summed E-state index contributed by atoms with van der Waals surface area (Å²) in [4.78, 5) is 17.7. The fourth-order valence-electron chi connectivity index (χ4n) is 4.11. The molecule has 5 unspecified atom stereocenters. The molecular weight excluding hydrogens is 330 g/mol. The van der Waals surface area contributed by atoms with Gasteiger partial charge in [-0.1, -0.05) is 51.1 Å². The second-order valence-electron chi connectivity index (χ2n) is 7.93. The summed E-state index contributed by atoms with van der Waals surface area (Å²) in [5.41, 5.74) is 0.494. The van der Waals surface area contributed by atoms with Crippen LogP contribution in [0.4, 0.5) is 4.79 Å². The van der Waals surface area contributed by atoms with E-state index in [-0.39, 0.29) is 29.2 Å². The zero-order valence-corrected chi connectivity index (χ0v) is 16.9. The number of piperidine rings is 1. The predicted octanol–water partition coefficient (Wildman–Crippen LogP) is 5.42. The maximum Gasteiger partial charge on any atom is 0.506 e. The van der Waals surface area contributed by atoms with Crippen LogP contribution in [0.15, 0.2) is 30.3 Å². The number of benzene rings is 1. The van der Waals surface area contributed by atoms with Gasteiger partial charge in [0, 0.05) is 23.4 Å². The van der Waals surface area contributed by atoms with Gasteiger partial charge in [0.15, 0.2) is 0 Å². The predicted molar refractivity (Wildman–Crippen MR) is 102 cm³/mol. The van der Waals surface area contributed by atoms with Crippen molar-refractivity contribution in [1.29, 1.82) is 0 Å².